The molecule has 0 atom stereocenters. The number of rotatable bonds is 1. The van der Waals surface area contributed by atoms with Crippen molar-refractivity contribution in [2.45, 2.75) is 63.4 Å². The highest BCUT2D eigenvalue weighted by molar-refractivity contribution is 5.14. The minimum atomic E-state index is -0.633. The van der Waals surface area contributed by atoms with Crippen molar-refractivity contribution in [1.82, 2.24) is 0 Å². The quantitative estimate of drug-likeness (QED) is 0.651. The minimum absolute atomic E-state index is 0.401. The molecule has 2 nitrogen and oxygen atoms in total. The van der Waals surface area contributed by atoms with E-state index in [2.05, 4.69) is 6.07 Å². The van der Waals surface area contributed by atoms with Crippen molar-refractivity contribution in [3.05, 3.63) is 0 Å². The second-order valence-corrected chi connectivity index (χ2v) is 4.99. The lowest BCUT2D eigenvalue weighted by molar-refractivity contribution is -0.121. The molecule has 0 aromatic heterocycles. The summed E-state index contributed by atoms with van der Waals surface area (Å²) in [5.41, 5.74) is -1.03. The van der Waals surface area contributed by atoms with E-state index in [4.69, 9.17) is 0 Å². The fraction of sp³-hybridized carbons (Fsp3) is 0.917. The highest BCUT2D eigenvalue weighted by atomic mass is 16.3. The highest BCUT2D eigenvalue weighted by Gasteiger charge is 2.53. The summed E-state index contributed by atoms with van der Waals surface area (Å²) in [6.07, 6.45) is 9.34. The van der Waals surface area contributed by atoms with Crippen molar-refractivity contribution in [1.29, 1.82) is 5.26 Å². The molecule has 78 valence electrons. The number of hydrogen-bond donors (Lipinski definition) is 1. The molecule has 0 amide bonds. The second kappa shape index (κ2) is 3.55. The molecule has 0 bridgehead atoms. The van der Waals surface area contributed by atoms with Gasteiger partial charge >= 0.3 is 0 Å². The van der Waals surface area contributed by atoms with Gasteiger partial charge in [-0.05, 0) is 32.1 Å². The summed E-state index contributed by atoms with van der Waals surface area (Å²) >= 11 is 0. The van der Waals surface area contributed by atoms with Gasteiger partial charge in [-0.2, -0.15) is 5.26 Å². The van der Waals surface area contributed by atoms with E-state index in [0.717, 1.165) is 44.9 Å². The van der Waals surface area contributed by atoms with E-state index < -0.39 is 11.0 Å². The molecule has 2 aliphatic rings. The van der Waals surface area contributed by atoms with E-state index in [9.17, 15) is 10.4 Å². The number of nitriles is 1. The molecule has 0 aromatic carbocycles. The maximum Gasteiger partial charge on any atom is 0.0860 e. The molecule has 0 heterocycles. The zero-order valence-corrected chi connectivity index (χ0v) is 8.76. The SMILES string of the molecule is N#CC1(C2(O)CCC2)CCCCCC1. The van der Waals surface area contributed by atoms with Gasteiger partial charge in [-0.1, -0.05) is 25.7 Å². The van der Waals surface area contributed by atoms with Crippen molar-refractivity contribution in [2.24, 2.45) is 5.41 Å². The molecule has 0 radical (unpaired) electrons. The number of nitrogens with zero attached hydrogens (tertiary/aromatic N) is 1. The van der Waals surface area contributed by atoms with Gasteiger partial charge in [0.2, 0.25) is 0 Å². The van der Waals surface area contributed by atoms with Gasteiger partial charge in [0.05, 0.1) is 17.1 Å². The van der Waals surface area contributed by atoms with E-state index in [-0.39, 0.29) is 0 Å². The Hall–Kier alpha value is -0.550. The Kier molecular flexibility index (Phi) is 2.53. The molecule has 1 N–H and O–H groups in total. The van der Waals surface area contributed by atoms with E-state index in [1.54, 1.807) is 0 Å². The van der Waals surface area contributed by atoms with Crippen LogP contribution in [0.15, 0.2) is 0 Å². The first-order valence-electron chi connectivity index (χ1n) is 5.86. The van der Waals surface area contributed by atoms with Crippen molar-refractivity contribution >= 4 is 0 Å². The van der Waals surface area contributed by atoms with Crippen LogP contribution in [0.5, 0.6) is 0 Å². The molecule has 0 aromatic rings. The van der Waals surface area contributed by atoms with Crippen molar-refractivity contribution in [2.75, 3.05) is 0 Å². The molecule has 2 heteroatoms. The van der Waals surface area contributed by atoms with E-state index in [1.165, 1.54) is 12.8 Å². The van der Waals surface area contributed by atoms with Crippen LogP contribution in [-0.2, 0) is 0 Å². The average molecular weight is 193 g/mol. The predicted octanol–water partition coefficient (Wildman–Crippen LogP) is 2.77. The van der Waals surface area contributed by atoms with Crippen molar-refractivity contribution < 1.29 is 5.11 Å². The van der Waals surface area contributed by atoms with E-state index in [0.29, 0.717) is 0 Å². The standard InChI is InChI=1S/C12H19NO/c13-10-11(12(14)8-5-9-12)6-3-1-2-4-7-11/h14H,1-9H2. The highest BCUT2D eigenvalue weighted by Crippen LogP contribution is 2.52. The van der Waals surface area contributed by atoms with Gasteiger partial charge in [0.25, 0.3) is 0 Å². The molecule has 0 saturated heterocycles. The third-order valence-corrected chi connectivity index (χ3v) is 4.24. The number of hydrogen-bond acceptors (Lipinski definition) is 2. The van der Waals surface area contributed by atoms with Crippen LogP contribution in [0, 0.1) is 16.7 Å². The lowest BCUT2D eigenvalue weighted by atomic mass is 9.59. The molecular formula is C12H19NO. The van der Waals surface area contributed by atoms with Gasteiger partial charge in [-0.3, -0.25) is 0 Å². The summed E-state index contributed by atoms with van der Waals surface area (Å²) < 4.78 is 0. The molecule has 2 saturated carbocycles. The zero-order chi connectivity index (χ0) is 10.1. The fourth-order valence-corrected chi connectivity index (χ4v) is 3.00. The summed E-state index contributed by atoms with van der Waals surface area (Å²) in [7, 11) is 0. The summed E-state index contributed by atoms with van der Waals surface area (Å²) in [5.74, 6) is 0. The van der Waals surface area contributed by atoms with Crippen LogP contribution >= 0.6 is 0 Å². The Labute approximate surface area is 85.9 Å². The summed E-state index contributed by atoms with van der Waals surface area (Å²) in [6, 6.07) is 2.45. The van der Waals surface area contributed by atoms with Gasteiger partial charge in [0, 0.05) is 0 Å². The van der Waals surface area contributed by atoms with Gasteiger partial charge in [-0.15, -0.1) is 0 Å². The lowest BCUT2D eigenvalue weighted by Crippen LogP contribution is -2.52. The first-order chi connectivity index (χ1) is 6.72. The Morgan fingerprint density at radius 2 is 1.43 bits per heavy atom. The molecular weight excluding hydrogens is 174 g/mol. The van der Waals surface area contributed by atoms with Crippen LogP contribution in [0.1, 0.15) is 57.8 Å². The first-order valence-corrected chi connectivity index (χ1v) is 5.86. The zero-order valence-electron chi connectivity index (χ0n) is 8.76. The Bertz CT molecular complexity index is 242. The second-order valence-electron chi connectivity index (χ2n) is 4.99. The molecule has 0 spiro atoms. The van der Waals surface area contributed by atoms with Crippen LogP contribution in [0.25, 0.3) is 0 Å². The lowest BCUT2D eigenvalue weighted by Gasteiger charge is -2.48. The third-order valence-electron chi connectivity index (χ3n) is 4.24. The topological polar surface area (TPSA) is 44.0 Å². The monoisotopic (exact) mass is 193 g/mol. The van der Waals surface area contributed by atoms with E-state index >= 15 is 0 Å². The van der Waals surface area contributed by atoms with Crippen LogP contribution in [0.4, 0.5) is 0 Å². The number of aliphatic hydroxyl groups is 1. The van der Waals surface area contributed by atoms with Gasteiger partial charge in [0.15, 0.2) is 0 Å². The smallest absolute Gasteiger partial charge is 0.0860 e. The Balaban J connectivity index is 2.19. The molecule has 14 heavy (non-hydrogen) atoms. The third kappa shape index (κ3) is 1.35. The molecule has 0 aliphatic heterocycles. The molecule has 2 aliphatic carbocycles. The van der Waals surface area contributed by atoms with Crippen LogP contribution in [-0.4, -0.2) is 10.7 Å². The van der Waals surface area contributed by atoms with Crippen LogP contribution in [0.3, 0.4) is 0 Å². The fourth-order valence-electron chi connectivity index (χ4n) is 3.00. The largest absolute Gasteiger partial charge is 0.388 e. The normalized spacial score (nSPS) is 29.7. The first kappa shape index (κ1) is 9.98. The van der Waals surface area contributed by atoms with Crippen LogP contribution < -0.4 is 0 Å². The summed E-state index contributed by atoms with van der Waals surface area (Å²) in [6.45, 7) is 0. The van der Waals surface area contributed by atoms with Gasteiger partial charge in [-0.25, -0.2) is 0 Å². The molecule has 0 unspecified atom stereocenters. The van der Waals surface area contributed by atoms with Crippen molar-refractivity contribution in [3.8, 4) is 6.07 Å². The Morgan fingerprint density at radius 3 is 1.79 bits per heavy atom. The van der Waals surface area contributed by atoms with Crippen molar-refractivity contribution in [3.63, 3.8) is 0 Å². The van der Waals surface area contributed by atoms with Gasteiger partial charge < -0.3 is 5.11 Å². The Morgan fingerprint density at radius 1 is 0.857 bits per heavy atom. The maximum atomic E-state index is 10.4. The maximum absolute atomic E-state index is 10.4. The average Bonchev–Trinajstić information content (AvgIpc) is 2.40. The molecule has 2 rings (SSSR count). The minimum Gasteiger partial charge on any atom is -0.388 e. The van der Waals surface area contributed by atoms with Crippen LogP contribution in [0.2, 0.25) is 0 Å². The van der Waals surface area contributed by atoms with Gasteiger partial charge in [0.1, 0.15) is 0 Å². The summed E-state index contributed by atoms with van der Waals surface area (Å²) in [4.78, 5) is 0. The molecule has 2 fully saturated rings. The van der Waals surface area contributed by atoms with E-state index in [1.807, 2.05) is 0 Å². The predicted molar refractivity (Wildman–Crippen MR) is 54.5 cm³/mol. The summed E-state index contributed by atoms with van der Waals surface area (Å²) in [5, 5.41) is 19.7.